The van der Waals surface area contributed by atoms with Crippen LogP contribution in [0.15, 0.2) is 4.99 Å². The van der Waals surface area contributed by atoms with E-state index in [-0.39, 0.29) is 29.9 Å². The molecule has 148 valence electrons. The van der Waals surface area contributed by atoms with Crippen LogP contribution in [-0.4, -0.2) is 53.4 Å². The van der Waals surface area contributed by atoms with E-state index >= 15 is 0 Å². The van der Waals surface area contributed by atoms with Gasteiger partial charge in [-0.25, -0.2) is 0 Å². The minimum absolute atomic E-state index is 0. The van der Waals surface area contributed by atoms with E-state index in [1.807, 2.05) is 13.8 Å². The quantitative estimate of drug-likeness (QED) is 0.172. The van der Waals surface area contributed by atoms with Gasteiger partial charge in [0.05, 0.1) is 7.11 Å². The average molecular weight is 487 g/mol. The number of methoxy groups -OCH3 is 1. The third kappa shape index (κ3) is 10.4. The standard InChI is InChI=1S/C17H33N3O3S.HI/c1-4-18-17(19-12-7-6-11-16(21)23-3)20-14-9-8-10-15(13-14)24(22)5-2;/h14-15H,4-13H2,1-3H3,(H2,18,19,20);1H. The highest BCUT2D eigenvalue weighted by atomic mass is 127. The van der Waals surface area contributed by atoms with Crippen LogP contribution in [0, 0.1) is 0 Å². The van der Waals surface area contributed by atoms with Crippen molar-refractivity contribution in [3.05, 3.63) is 0 Å². The van der Waals surface area contributed by atoms with Crippen LogP contribution >= 0.6 is 24.0 Å². The molecule has 3 atom stereocenters. The van der Waals surface area contributed by atoms with Gasteiger partial charge in [0.15, 0.2) is 5.96 Å². The highest BCUT2D eigenvalue weighted by Gasteiger charge is 2.25. The molecular weight excluding hydrogens is 453 g/mol. The number of carbonyl (C=O) groups is 1. The second kappa shape index (κ2) is 14.8. The summed E-state index contributed by atoms with van der Waals surface area (Å²) in [6.07, 6.45) is 6.34. The summed E-state index contributed by atoms with van der Waals surface area (Å²) in [6.45, 7) is 5.53. The van der Waals surface area contributed by atoms with Crippen molar-refractivity contribution in [1.29, 1.82) is 0 Å². The molecule has 0 spiro atoms. The number of nitrogens with zero attached hydrogens (tertiary/aromatic N) is 1. The number of ether oxygens (including phenoxy) is 1. The van der Waals surface area contributed by atoms with E-state index in [1.54, 1.807) is 0 Å². The molecule has 25 heavy (non-hydrogen) atoms. The number of unbranched alkanes of at least 4 members (excludes halogenated alkanes) is 1. The molecule has 0 radical (unpaired) electrons. The van der Waals surface area contributed by atoms with Gasteiger partial charge in [0.2, 0.25) is 0 Å². The maximum atomic E-state index is 12.0. The van der Waals surface area contributed by atoms with Gasteiger partial charge in [0.1, 0.15) is 0 Å². The molecule has 1 aliphatic carbocycles. The number of hydrogen-bond acceptors (Lipinski definition) is 4. The number of nitrogens with one attached hydrogen (secondary N) is 2. The van der Waals surface area contributed by atoms with E-state index < -0.39 is 10.8 Å². The van der Waals surface area contributed by atoms with Crippen LogP contribution in [0.3, 0.4) is 0 Å². The van der Waals surface area contributed by atoms with Crippen molar-refractivity contribution in [3.63, 3.8) is 0 Å². The van der Waals surface area contributed by atoms with Gasteiger partial charge in [0.25, 0.3) is 0 Å². The van der Waals surface area contributed by atoms with Crippen molar-refractivity contribution in [2.75, 3.05) is 26.0 Å². The van der Waals surface area contributed by atoms with Crippen molar-refractivity contribution in [1.82, 2.24) is 10.6 Å². The lowest BCUT2D eigenvalue weighted by molar-refractivity contribution is -0.140. The fourth-order valence-corrected chi connectivity index (χ4v) is 4.29. The molecule has 1 aliphatic rings. The van der Waals surface area contributed by atoms with Crippen LogP contribution in [0.5, 0.6) is 0 Å². The monoisotopic (exact) mass is 487 g/mol. The van der Waals surface area contributed by atoms with E-state index in [4.69, 9.17) is 0 Å². The Bertz CT molecular complexity index is 435. The van der Waals surface area contributed by atoms with Gasteiger partial charge in [-0.2, -0.15) is 0 Å². The smallest absolute Gasteiger partial charge is 0.305 e. The van der Waals surface area contributed by atoms with Crippen LogP contribution < -0.4 is 10.6 Å². The fraction of sp³-hybridized carbons (Fsp3) is 0.882. The SMILES string of the molecule is CCNC(=NCCCCC(=O)OC)NC1CCCC(S(=O)CC)C1.I. The molecule has 0 aromatic carbocycles. The van der Waals surface area contributed by atoms with Gasteiger partial charge in [-0.1, -0.05) is 13.3 Å². The molecule has 0 amide bonds. The van der Waals surface area contributed by atoms with Crippen molar-refractivity contribution in [3.8, 4) is 0 Å². The third-order valence-corrected chi connectivity index (χ3v) is 5.99. The van der Waals surface area contributed by atoms with Crippen LogP contribution in [0.25, 0.3) is 0 Å². The Kier molecular flexibility index (Phi) is 14.5. The zero-order valence-corrected chi connectivity index (χ0v) is 18.9. The minimum Gasteiger partial charge on any atom is -0.469 e. The van der Waals surface area contributed by atoms with Crippen LogP contribution in [0.1, 0.15) is 58.8 Å². The third-order valence-electron chi connectivity index (χ3n) is 4.25. The molecule has 2 N–H and O–H groups in total. The van der Waals surface area contributed by atoms with Crippen molar-refractivity contribution >= 4 is 46.7 Å². The summed E-state index contributed by atoms with van der Waals surface area (Å²) in [5.74, 6) is 1.40. The normalized spacial score (nSPS) is 21.8. The second-order valence-electron chi connectivity index (χ2n) is 6.09. The molecule has 3 unspecified atom stereocenters. The lowest BCUT2D eigenvalue weighted by atomic mass is 9.95. The summed E-state index contributed by atoms with van der Waals surface area (Å²) in [6, 6.07) is 0.340. The number of hydrogen-bond donors (Lipinski definition) is 2. The van der Waals surface area contributed by atoms with E-state index in [1.165, 1.54) is 7.11 Å². The first-order valence-electron chi connectivity index (χ1n) is 9.09. The van der Waals surface area contributed by atoms with E-state index in [0.29, 0.717) is 24.3 Å². The summed E-state index contributed by atoms with van der Waals surface area (Å²) >= 11 is 0. The first-order valence-corrected chi connectivity index (χ1v) is 10.5. The molecule has 8 heteroatoms. The number of aliphatic imine (C=N–C) groups is 1. The summed E-state index contributed by atoms with van der Waals surface area (Å²) in [5.41, 5.74) is 0. The molecule has 0 aromatic rings. The lowest BCUT2D eigenvalue weighted by Crippen LogP contribution is -2.46. The van der Waals surface area contributed by atoms with E-state index in [0.717, 1.165) is 56.8 Å². The summed E-state index contributed by atoms with van der Waals surface area (Å²) in [5, 5.41) is 7.07. The highest BCUT2D eigenvalue weighted by molar-refractivity contribution is 14.0. The summed E-state index contributed by atoms with van der Waals surface area (Å²) in [7, 11) is 0.703. The molecule has 0 aliphatic heterocycles. The number of carbonyl (C=O) groups excluding carboxylic acids is 1. The number of rotatable bonds is 9. The van der Waals surface area contributed by atoms with Gasteiger partial charge in [-0.05, 0) is 39.0 Å². The van der Waals surface area contributed by atoms with Crippen molar-refractivity contribution in [2.45, 2.75) is 70.1 Å². The Morgan fingerprint density at radius 2 is 2.04 bits per heavy atom. The molecule has 0 aromatic heterocycles. The van der Waals surface area contributed by atoms with Gasteiger partial charge >= 0.3 is 5.97 Å². The Labute approximate surface area is 171 Å². The van der Waals surface area contributed by atoms with Gasteiger partial charge < -0.3 is 15.4 Å². The van der Waals surface area contributed by atoms with Gasteiger partial charge in [-0.15, -0.1) is 24.0 Å². The number of guanidine groups is 1. The highest BCUT2D eigenvalue weighted by Crippen LogP contribution is 2.22. The maximum Gasteiger partial charge on any atom is 0.305 e. The van der Waals surface area contributed by atoms with Crippen LogP contribution in [0.2, 0.25) is 0 Å². The molecule has 1 fully saturated rings. The maximum absolute atomic E-state index is 12.0. The van der Waals surface area contributed by atoms with Crippen LogP contribution in [0.4, 0.5) is 0 Å². The predicted molar refractivity (Wildman–Crippen MR) is 115 cm³/mol. The zero-order valence-electron chi connectivity index (χ0n) is 15.7. The summed E-state index contributed by atoms with van der Waals surface area (Å²) < 4.78 is 16.7. The zero-order chi connectivity index (χ0) is 17.8. The topological polar surface area (TPSA) is 79.8 Å². The molecular formula is C17H34IN3O3S. The average Bonchev–Trinajstić information content (AvgIpc) is 2.60. The second-order valence-corrected chi connectivity index (χ2v) is 8.10. The van der Waals surface area contributed by atoms with Gasteiger partial charge in [0, 0.05) is 47.4 Å². The Balaban J connectivity index is 0.00000576. The fourth-order valence-electron chi connectivity index (χ4n) is 2.94. The lowest BCUT2D eigenvalue weighted by Gasteiger charge is -2.30. The number of esters is 1. The largest absolute Gasteiger partial charge is 0.469 e. The molecule has 1 saturated carbocycles. The number of halogens is 1. The Morgan fingerprint density at radius 1 is 1.28 bits per heavy atom. The van der Waals surface area contributed by atoms with Gasteiger partial charge in [-0.3, -0.25) is 14.0 Å². The molecule has 0 bridgehead atoms. The van der Waals surface area contributed by atoms with E-state index in [9.17, 15) is 9.00 Å². The molecule has 6 nitrogen and oxygen atoms in total. The summed E-state index contributed by atoms with van der Waals surface area (Å²) in [4.78, 5) is 15.7. The Hall–Kier alpha value is -0.380. The molecule has 0 heterocycles. The molecule has 0 saturated heterocycles. The molecule has 1 rings (SSSR count). The van der Waals surface area contributed by atoms with Crippen LogP contribution in [-0.2, 0) is 20.3 Å². The van der Waals surface area contributed by atoms with E-state index in [2.05, 4.69) is 20.4 Å². The Morgan fingerprint density at radius 3 is 2.68 bits per heavy atom. The first-order chi connectivity index (χ1) is 11.6. The van der Waals surface area contributed by atoms with Crippen molar-refractivity contribution in [2.24, 2.45) is 4.99 Å². The predicted octanol–water partition coefficient (Wildman–Crippen LogP) is 2.58. The first kappa shape index (κ1) is 24.6. The minimum atomic E-state index is -0.710. The van der Waals surface area contributed by atoms with Crippen molar-refractivity contribution < 1.29 is 13.7 Å².